The molecule has 8 heteroatoms. The summed E-state index contributed by atoms with van der Waals surface area (Å²) in [6, 6.07) is 6.39. The fourth-order valence-corrected chi connectivity index (χ4v) is 2.29. The average Bonchev–Trinajstić information content (AvgIpc) is 2.96. The molecule has 2 amide bonds. The summed E-state index contributed by atoms with van der Waals surface area (Å²) in [5.41, 5.74) is 1.28. The summed E-state index contributed by atoms with van der Waals surface area (Å²) >= 11 is 5.97. The Morgan fingerprint density at radius 2 is 1.96 bits per heavy atom. The van der Waals surface area contributed by atoms with Gasteiger partial charge in [0, 0.05) is 11.1 Å². The van der Waals surface area contributed by atoms with Gasteiger partial charge in [0.05, 0.1) is 11.4 Å². The van der Waals surface area contributed by atoms with Crippen molar-refractivity contribution in [2.45, 2.75) is 46.2 Å². The van der Waals surface area contributed by atoms with Crippen molar-refractivity contribution in [1.82, 2.24) is 25.6 Å². The van der Waals surface area contributed by atoms with Crippen molar-refractivity contribution in [1.29, 1.82) is 0 Å². The van der Waals surface area contributed by atoms with Crippen molar-refractivity contribution in [2.24, 2.45) is 0 Å². The number of aromatic nitrogens is 3. The van der Waals surface area contributed by atoms with Gasteiger partial charge in [-0.1, -0.05) is 24.6 Å². The van der Waals surface area contributed by atoms with Gasteiger partial charge < -0.3 is 10.6 Å². The van der Waals surface area contributed by atoms with Gasteiger partial charge in [0.1, 0.15) is 6.04 Å². The zero-order valence-corrected chi connectivity index (χ0v) is 15.5. The van der Waals surface area contributed by atoms with Crippen LogP contribution in [0.25, 0.3) is 5.69 Å². The second-order valence-corrected chi connectivity index (χ2v) is 6.35. The van der Waals surface area contributed by atoms with Crippen molar-refractivity contribution in [3.05, 3.63) is 40.7 Å². The first-order valence-electron chi connectivity index (χ1n) is 8.13. The number of aryl methyl sites for hydroxylation is 1. The highest BCUT2D eigenvalue weighted by molar-refractivity contribution is 6.30. The Hall–Kier alpha value is -2.41. The highest BCUT2D eigenvalue weighted by Gasteiger charge is 2.22. The van der Waals surface area contributed by atoms with E-state index >= 15 is 0 Å². The van der Waals surface area contributed by atoms with Crippen LogP contribution in [0.3, 0.4) is 0 Å². The molecule has 1 aromatic carbocycles. The van der Waals surface area contributed by atoms with E-state index in [1.165, 1.54) is 4.80 Å². The van der Waals surface area contributed by atoms with Crippen molar-refractivity contribution in [3.8, 4) is 5.69 Å². The van der Waals surface area contributed by atoms with Crippen molar-refractivity contribution >= 4 is 23.4 Å². The SMILES string of the molecule is CCC(C)NC(=O)C(C)NC(=O)c1nn(-c2cccc(Cl)c2)nc1C. The van der Waals surface area contributed by atoms with Gasteiger partial charge >= 0.3 is 0 Å². The number of hydrogen-bond donors (Lipinski definition) is 2. The zero-order chi connectivity index (χ0) is 18.6. The Kier molecular flexibility index (Phi) is 6.14. The zero-order valence-electron chi connectivity index (χ0n) is 14.7. The van der Waals surface area contributed by atoms with E-state index in [0.29, 0.717) is 16.4 Å². The normalized spacial score (nSPS) is 13.2. The molecule has 0 saturated heterocycles. The molecule has 2 aromatic rings. The molecule has 2 rings (SSSR count). The number of halogens is 1. The third-order valence-corrected chi connectivity index (χ3v) is 4.01. The number of nitrogens with one attached hydrogen (secondary N) is 2. The third kappa shape index (κ3) is 4.79. The number of hydrogen-bond acceptors (Lipinski definition) is 4. The molecule has 0 spiro atoms. The minimum Gasteiger partial charge on any atom is -0.352 e. The van der Waals surface area contributed by atoms with E-state index in [1.54, 1.807) is 38.1 Å². The molecule has 2 atom stereocenters. The second kappa shape index (κ2) is 8.11. The Labute approximate surface area is 151 Å². The number of carbonyl (C=O) groups is 2. The summed E-state index contributed by atoms with van der Waals surface area (Å²) in [4.78, 5) is 25.8. The molecule has 0 aliphatic rings. The predicted molar refractivity (Wildman–Crippen MR) is 95.9 cm³/mol. The molecule has 0 aliphatic heterocycles. The van der Waals surface area contributed by atoms with Gasteiger partial charge in [-0.2, -0.15) is 9.90 Å². The van der Waals surface area contributed by atoms with Crippen molar-refractivity contribution in [3.63, 3.8) is 0 Å². The van der Waals surface area contributed by atoms with E-state index in [4.69, 9.17) is 11.6 Å². The number of amides is 2. The van der Waals surface area contributed by atoms with Crippen LogP contribution in [-0.2, 0) is 4.79 Å². The van der Waals surface area contributed by atoms with Crippen LogP contribution in [0.1, 0.15) is 43.4 Å². The number of nitrogens with zero attached hydrogens (tertiary/aromatic N) is 3. The molecule has 2 N–H and O–H groups in total. The van der Waals surface area contributed by atoms with Crippen LogP contribution in [0.15, 0.2) is 24.3 Å². The molecule has 134 valence electrons. The highest BCUT2D eigenvalue weighted by Crippen LogP contribution is 2.14. The Bertz CT molecular complexity index is 774. The van der Waals surface area contributed by atoms with Gasteiger partial charge in [-0.15, -0.1) is 5.10 Å². The molecule has 0 fully saturated rings. The maximum absolute atomic E-state index is 12.4. The molecular weight excluding hydrogens is 342 g/mol. The number of carbonyl (C=O) groups excluding carboxylic acids is 2. The molecule has 2 unspecified atom stereocenters. The van der Waals surface area contributed by atoms with Crippen LogP contribution in [-0.4, -0.2) is 38.9 Å². The average molecular weight is 364 g/mol. The summed E-state index contributed by atoms with van der Waals surface area (Å²) in [6.07, 6.45) is 0.819. The molecule has 25 heavy (non-hydrogen) atoms. The summed E-state index contributed by atoms with van der Waals surface area (Å²) in [5.74, 6) is -0.680. The van der Waals surface area contributed by atoms with Gasteiger partial charge in [0.25, 0.3) is 5.91 Å². The summed E-state index contributed by atoms with van der Waals surface area (Å²) < 4.78 is 0. The minimum atomic E-state index is -0.669. The van der Waals surface area contributed by atoms with Crippen LogP contribution in [0, 0.1) is 6.92 Å². The Morgan fingerprint density at radius 3 is 2.60 bits per heavy atom. The monoisotopic (exact) mass is 363 g/mol. The lowest BCUT2D eigenvalue weighted by Crippen LogP contribution is -2.47. The molecule has 0 radical (unpaired) electrons. The fourth-order valence-electron chi connectivity index (χ4n) is 2.11. The lowest BCUT2D eigenvalue weighted by Gasteiger charge is -2.17. The summed E-state index contributed by atoms with van der Waals surface area (Å²) in [5, 5.41) is 14.5. The minimum absolute atomic E-state index is 0.0530. The van der Waals surface area contributed by atoms with Crippen LogP contribution in [0.5, 0.6) is 0 Å². The number of rotatable bonds is 6. The van der Waals surface area contributed by atoms with E-state index in [2.05, 4.69) is 20.8 Å². The third-order valence-electron chi connectivity index (χ3n) is 3.78. The standard InChI is InChI=1S/C17H22ClN5O2/c1-5-10(2)19-16(24)12(4)20-17(25)15-11(3)21-23(22-15)14-8-6-7-13(18)9-14/h6-10,12H,5H2,1-4H3,(H,19,24)(H,20,25). The van der Waals surface area contributed by atoms with E-state index in [-0.39, 0.29) is 17.6 Å². The van der Waals surface area contributed by atoms with E-state index < -0.39 is 11.9 Å². The summed E-state index contributed by atoms with van der Waals surface area (Å²) in [6.45, 7) is 7.21. The first-order chi connectivity index (χ1) is 11.8. The highest BCUT2D eigenvalue weighted by atomic mass is 35.5. The quantitative estimate of drug-likeness (QED) is 0.823. The van der Waals surface area contributed by atoms with Crippen molar-refractivity contribution < 1.29 is 9.59 Å². The fraction of sp³-hybridized carbons (Fsp3) is 0.412. The lowest BCUT2D eigenvalue weighted by molar-refractivity contribution is -0.123. The van der Waals surface area contributed by atoms with Crippen LogP contribution >= 0.6 is 11.6 Å². The molecule has 1 heterocycles. The van der Waals surface area contributed by atoms with E-state index in [1.807, 2.05) is 13.8 Å². The van der Waals surface area contributed by atoms with E-state index in [9.17, 15) is 9.59 Å². The van der Waals surface area contributed by atoms with Crippen LogP contribution < -0.4 is 10.6 Å². The van der Waals surface area contributed by atoms with Gasteiger partial charge in [-0.3, -0.25) is 9.59 Å². The van der Waals surface area contributed by atoms with E-state index in [0.717, 1.165) is 6.42 Å². The Balaban J connectivity index is 2.11. The topological polar surface area (TPSA) is 88.9 Å². The molecular formula is C17H22ClN5O2. The van der Waals surface area contributed by atoms with Gasteiger partial charge in [-0.25, -0.2) is 0 Å². The van der Waals surface area contributed by atoms with Crippen LogP contribution in [0.2, 0.25) is 5.02 Å². The van der Waals surface area contributed by atoms with Crippen LogP contribution in [0.4, 0.5) is 0 Å². The van der Waals surface area contributed by atoms with Gasteiger partial charge in [-0.05, 0) is 45.4 Å². The Morgan fingerprint density at radius 1 is 1.24 bits per heavy atom. The molecule has 1 aromatic heterocycles. The molecule has 0 saturated carbocycles. The first kappa shape index (κ1) is 18.9. The smallest absolute Gasteiger partial charge is 0.274 e. The maximum Gasteiger partial charge on any atom is 0.274 e. The van der Waals surface area contributed by atoms with Gasteiger partial charge in [0.15, 0.2) is 5.69 Å². The lowest BCUT2D eigenvalue weighted by atomic mass is 10.2. The maximum atomic E-state index is 12.4. The summed E-state index contributed by atoms with van der Waals surface area (Å²) in [7, 11) is 0. The number of benzene rings is 1. The molecule has 0 bridgehead atoms. The largest absolute Gasteiger partial charge is 0.352 e. The molecule has 7 nitrogen and oxygen atoms in total. The predicted octanol–water partition coefficient (Wildman–Crippen LogP) is 2.26. The van der Waals surface area contributed by atoms with Gasteiger partial charge in [0.2, 0.25) is 5.91 Å². The van der Waals surface area contributed by atoms with Crippen molar-refractivity contribution in [2.75, 3.05) is 0 Å². The first-order valence-corrected chi connectivity index (χ1v) is 8.50. The molecule has 0 aliphatic carbocycles. The second-order valence-electron chi connectivity index (χ2n) is 5.92.